The van der Waals surface area contributed by atoms with E-state index < -0.39 is 0 Å². The van der Waals surface area contributed by atoms with Crippen LogP contribution in [0.2, 0.25) is 0 Å². The van der Waals surface area contributed by atoms with Crippen molar-refractivity contribution < 1.29 is 4.74 Å². The molecule has 4 heterocycles. The fraction of sp³-hybridized carbons (Fsp3) is 0.842. The topological polar surface area (TPSA) is 67.6 Å². The number of ether oxygens (including phenoxy) is 1. The van der Waals surface area contributed by atoms with Crippen LogP contribution < -0.4 is 5.32 Å². The van der Waals surface area contributed by atoms with E-state index in [1.54, 1.807) is 0 Å². The molecule has 1 atom stereocenters. The molecule has 3 aliphatic heterocycles. The number of hydrogen-bond acceptors (Lipinski definition) is 4. The summed E-state index contributed by atoms with van der Waals surface area (Å²) in [6.45, 7) is 8.84. The van der Waals surface area contributed by atoms with Crippen molar-refractivity contribution in [2.24, 2.45) is 10.4 Å². The van der Waals surface area contributed by atoms with Gasteiger partial charge in [-0.05, 0) is 32.6 Å². The van der Waals surface area contributed by atoms with Crippen LogP contribution in [-0.4, -0.2) is 65.0 Å². The maximum atomic E-state index is 5.66. The van der Waals surface area contributed by atoms with Gasteiger partial charge < -0.3 is 19.5 Å². The average molecular weight is 361 g/mol. The van der Waals surface area contributed by atoms with Crippen LogP contribution in [0.5, 0.6) is 0 Å². The first kappa shape index (κ1) is 17.8. The largest absolute Gasteiger partial charge is 0.381 e. The maximum absolute atomic E-state index is 5.66. The normalized spacial score (nSPS) is 26.3. The van der Waals surface area contributed by atoms with Crippen molar-refractivity contribution >= 4 is 5.96 Å². The van der Waals surface area contributed by atoms with Crippen molar-refractivity contribution in [3.8, 4) is 0 Å². The summed E-state index contributed by atoms with van der Waals surface area (Å²) >= 11 is 0. The Morgan fingerprint density at radius 3 is 3.04 bits per heavy atom. The number of nitrogens with zero attached hydrogens (tertiary/aromatic N) is 5. The molecule has 1 aromatic rings. The lowest BCUT2D eigenvalue weighted by molar-refractivity contribution is 0.156. The number of rotatable bonds is 4. The molecule has 1 N–H and O–H groups in total. The molecule has 3 aliphatic rings. The zero-order chi connectivity index (χ0) is 17.8. The van der Waals surface area contributed by atoms with Gasteiger partial charge in [-0.25, -0.2) is 0 Å². The first-order valence-electron chi connectivity index (χ1n) is 10.3. The lowest BCUT2D eigenvalue weighted by Crippen LogP contribution is -2.41. The Hall–Kier alpha value is -1.63. The second-order valence-electron chi connectivity index (χ2n) is 7.95. The van der Waals surface area contributed by atoms with Gasteiger partial charge in [-0.3, -0.25) is 4.99 Å². The molecule has 7 nitrogen and oxygen atoms in total. The molecule has 0 amide bonds. The first-order chi connectivity index (χ1) is 12.8. The van der Waals surface area contributed by atoms with E-state index in [9.17, 15) is 0 Å². The van der Waals surface area contributed by atoms with E-state index >= 15 is 0 Å². The number of hydrogen-bond donors (Lipinski definition) is 1. The highest BCUT2D eigenvalue weighted by molar-refractivity contribution is 5.80. The molecule has 2 saturated heterocycles. The quantitative estimate of drug-likeness (QED) is 0.653. The highest BCUT2D eigenvalue weighted by Gasteiger charge is 2.42. The fourth-order valence-corrected chi connectivity index (χ4v) is 4.51. The van der Waals surface area contributed by atoms with Crippen LogP contribution in [-0.2, 0) is 24.1 Å². The van der Waals surface area contributed by atoms with E-state index in [2.05, 4.69) is 31.9 Å². The van der Waals surface area contributed by atoms with Crippen LogP contribution >= 0.6 is 0 Å². The molecular formula is C19H32N6O. The van der Waals surface area contributed by atoms with Crippen molar-refractivity contribution in [1.29, 1.82) is 0 Å². The molecule has 0 bridgehead atoms. The van der Waals surface area contributed by atoms with Crippen molar-refractivity contribution in [2.75, 3.05) is 39.4 Å². The SMILES string of the molecule is CCNC(=NCCc1nnc2n1CCCCC2)N1CCC2(CCOC2)C1. The summed E-state index contributed by atoms with van der Waals surface area (Å²) in [7, 11) is 0. The lowest BCUT2D eigenvalue weighted by atomic mass is 9.87. The predicted octanol–water partition coefficient (Wildman–Crippen LogP) is 1.62. The number of nitrogens with one attached hydrogen (secondary N) is 1. The molecule has 144 valence electrons. The molecule has 0 aromatic carbocycles. The molecule has 0 radical (unpaired) electrons. The Morgan fingerprint density at radius 1 is 1.23 bits per heavy atom. The van der Waals surface area contributed by atoms with Crippen LogP contribution in [0.3, 0.4) is 0 Å². The van der Waals surface area contributed by atoms with E-state index in [0.717, 1.165) is 76.4 Å². The lowest BCUT2D eigenvalue weighted by Gasteiger charge is -2.25. The first-order valence-corrected chi connectivity index (χ1v) is 10.3. The second kappa shape index (κ2) is 7.94. The molecular weight excluding hydrogens is 328 g/mol. The van der Waals surface area contributed by atoms with Crippen LogP contribution in [0.25, 0.3) is 0 Å². The second-order valence-corrected chi connectivity index (χ2v) is 7.95. The molecule has 0 saturated carbocycles. The minimum Gasteiger partial charge on any atom is -0.381 e. The molecule has 7 heteroatoms. The highest BCUT2D eigenvalue weighted by Crippen LogP contribution is 2.38. The summed E-state index contributed by atoms with van der Waals surface area (Å²) in [6.07, 6.45) is 8.11. The summed E-state index contributed by atoms with van der Waals surface area (Å²) in [5, 5.41) is 12.3. The van der Waals surface area contributed by atoms with E-state index in [1.807, 2.05) is 0 Å². The van der Waals surface area contributed by atoms with Crippen molar-refractivity contribution in [3.05, 3.63) is 11.6 Å². The molecule has 4 rings (SSSR count). The Balaban J connectivity index is 1.38. The molecule has 1 unspecified atom stereocenters. The maximum Gasteiger partial charge on any atom is 0.193 e. The van der Waals surface area contributed by atoms with Gasteiger partial charge in [0.1, 0.15) is 11.6 Å². The Morgan fingerprint density at radius 2 is 2.19 bits per heavy atom. The third kappa shape index (κ3) is 3.72. The van der Waals surface area contributed by atoms with E-state index in [0.29, 0.717) is 5.41 Å². The van der Waals surface area contributed by atoms with Gasteiger partial charge in [0, 0.05) is 57.6 Å². The Kier molecular flexibility index (Phi) is 5.43. The summed E-state index contributed by atoms with van der Waals surface area (Å²) in [5.41, 5.74) is 0.362. The molecule has 2 fully saturated rings. The van der Waals surface area contributed by atoms with Gasteiger partial charge in [0.25, 0.3) is 0 Å². The summed E-state index contributed by atoms with van der Waals surface area (Å²) in [4.78, 5) is 7.33. The highest BCUT2D eigenvalue weighted by atomic mass is 16.5. The minimum atomic E-state index is 0.362. The van der Waals surface area contributed by atoms with E-state index in [4.69, 9.17) is 9.73 Å². The molecule has 1 aromatic heterocycles. The van der Waals surface area contributed by atoms with Crippen LogP contribution in [0.15, 0.2) is 4.99 Å². The molecule has 26 heavy (non-hydrogen) atoms. The standard InChI is InChI=1S/C19H32N6O/c1-2-20-18(24-12-8-19(14-24)9-13-26-15-19)21-10-7-17-23-22-16-6-4-3-5-11-25(16)17/h2-15H2,1H3,(H,20,21). The fourth-order valence-electron chi connectivity index (χ4n) is 4.51. The van der Waals surface area contributed by atoms with Crippen LogP contribution in [0.4, 0.5) is 0 Å². The van der Waals surface area contributed by atoms with Gasteiger partial charge in [0.15, 0.2) is 5.96 Å². The molecule has 1 spiro atoms. The van der Waals surface area contributed by atoms with Crippen molar-refractivity contribution in [1.82, 2.24) is 25.0 Å². The number of likely N-dealkylation sites (tertiary alicyclic amines) is 1. The van der Waals surface area contributed by atoms with Gasteiger partial charge in [-0.2, -0.15) is 0 Å². The van der Waals surface area contributed by atoms with E-state index in [-0.39, 0.29) is 0 Å². The van der Waals surface area contributed by atoms with Crippen LogP contribution in [0.1, 0.15) is 50.7 Å². The van der Waals surface area contributed by atoms with E-state index in [1.165, 1.54) is 32.1 Å². The number of fused-ring (bicyclic) bond motifs is 1. The summed E-state index contributed by atoms with van der Waals surface area (Å²) < 4.78 is 7.99. The van der Waals surface area contributed by atoms with Crippen molar-refractivity contribution in [2.45, 2.75) is 58.4 Å². The number of aryl methyl sites for hydroxylation is 1. The minimum absolute atomic E-state index is 0.362. The smallest absolute Gasteiger partial charge is 0.193 e. The number of guanidine groups is 1. The zero-order valence-corrected chi connectivity index (χ0v) is 16.0. The predicted molar refractivity (Wildman–Crippen MR) is 101 cm³/mol. The number of aromatic nitrogens is 3. The summed E-state index contributed by atoms with van der Waals surface area (Å²) in [5.74, 6) is 3.31. The third-order valence-corrected chi connectivity index (χ3v) is 6.04. The third-order valence-electron chi connectivity index (χ3n) is 6.04. The van der Waals surface area contributed by atoms with Crippen LogP contribution in [0, 0.1) is 5.41 Å². The van der Waals surface area contributed by atoms with Crippen molar-refractivity contribution in [3.63, 3.8) is 0 Å². The summed E-state index contributed by atoms with van der Waals surface area (Å²) in [6, 6.07) is 0. The average Bonchev–Trinajstić information content (AvgIpc) is 3.34. The molecule has 0 aliphatic carbocycles. The van der Waals surface area contributed by atoms with Gasteiger partial charge in [0.2, 0.25) is 0 Å². The Bertz CT molecular complexity index is 634. The Labute approximate surface area is 156 Å². The number of aliphatic imine (C=N–C) groups is 1. The van der Waals surface area contributed by atoms with Gasteiger partial charge in [0.05, 0.1) is 6.61 Å². The van der Waals surface area contributed by atoms with Gasteiger partial charge >= 0.3 is 0 Å². The van der Waals surface area contributed by atoms with Gasteiger partial charge in [-0.15, -0.1) is 10.2 Å². The monoisotopic (exact) mass is 360 g/mol. The zero-order valence-electron chi connectivity index (χ0n) is 16.0. The van der Waals surface area contributed by atoms with Gasteiger partial charge in [-0.1, -0.05) is 6.42 Å².